The van der Waals surface area contributed by atoms with Crippen molar-refractivity contribution in [3.63, 3.8) is 0 Å². The molecule has 2 aliphatic carbocycles. The van der Waals surface area contributed by atoms with Gasteiger partial charge in [0.25, 0.3) is 0 Å². The molecular formula is C19H29NO2Si. The molecule has 23 heavy (non-hydrogen) atoms. The van der Waals surface area contributed by atoms with E-state index in [1.807, 2.05) is 14.2 Å². The Morgan fingerprint density at radius 3 is 2.30 bits per heavy atom. The molecule has 0 bridgehead atoms. The van der Waals surface area contributed by atoms with Crippen LogP contribution in [0.2, 0.25) is 5.54 Å². The lowest BCUT2D eigenvalue weighted by molar-refractivity contribution is 0.220. The van der Waals surface area contributed by atoms with Gasteiger partial charge < -0.3 is 13.8 Å². The van der Waals surface area contributed by atoms with E-state index in [4.69, 9.17) is 8.85 Å². The molecule has 1 fully saturated rings. The first-order chi connectivity index (χ1) is 11.0. The van der Waals surface area contributed by atoms with Gasteiger partial charge in [0, 0.05) is 50.6 Å². The van der Waals surface area contributed by atoms with Gasteiger partial charge in [-0.3, -0.25) is 0 Å². The monoisotopic (exact) mass is 331 g/mol. The summed E-state index contributed by atoms with van der Waals surface area (Å²) in [7, 11) is 5.63. The third-order valence-electron chi connectivity index (χ3n) is 5.70. The van der Waals surface area contributed by atoms with E-state index in [2.05, 4.69) is 50.2 Å². The van der Waals surface area contributed by atoms with Crippen molar-refractivity contribution in [2.24, 2.45) is 0 Å². The van der Waals surface area contributed by atoms with E-state index in [9.17, 15) is 0 Å². The Labute approximate surface area is 141 Å². The van der Waals surface area contributed by atoms with Crippen LogP contribution < -0.4 is 4.90 Å². The number of anilines is 1. The Kier molecular flexibility index (Phi) is 4.67. The van der Waals surface area contributed by atoms with Crippen molar-refractivity contribution in [3.05, 3.63) is 34.9 Å². The average Bonchev–Trinajstić information content (AvgIpc) is 3.17. The van der Waals surface area contributed by atoms with E-state index in [-0.39, 0.29) is 0 Å². The molecule has 0 aromatic heterocycles. The Morgan fingerprint density at radius 1 is 1.09 bits per heavy atom. The average molecular weight is 332 g/mol. The molecule has 1 aromatic rings. The summed E-state index contributed by atoms with van der Waals surface area (Å²) in [6.45, 7) is 2.25. The second-order valence-corrected chi connectivity index (χ2v) is 10.8. The van der Waals surface area contributed by atoms with Gasteiger partial charge in [0.05, 0.1) is 0 Å². The fourth-order valence-electron chi connectivity index (χ4n) is 4.68. The van der Waals surface area contributed by atoms with Crippen molar-refractivity contribution < 1.29 is 8.85 Å². The van der Waals surface area contributed by atoms with Crippen LogP contribution in [0, 0.1) is 0 Å². The maximum Gasteiger partial charge on any atom is 0.352 e. The smallest absolute Gasteiger partial charge is 0.352 e. The van der Waals surface area contributed by atoms with Crippen molar-refractivity contribution >= 4 is 20.3 Å². The first-order valence-corrected chi connectivity index (χ1v) is 10.6. The van der Waals surface area contributed by atoms with Gasteiger partial charge in [0.15, 0.2) is 0 Å². The van der Waals surface area contributed by atoms with E-state index < -0.39 is 8.56 Å². The minimum atomic E-state index is -2.34. The molecule has 0 amide bonds. The summed E-state index contributed by atoms with van der Waals surface area (Å²) >= 11 is 0. The van der Waals surface area contributed by atoms with Crippen LogP contribution in [0.5, 0.6) is 0 Å². The second kappa shape index (κ2) is 6.42. The minimum Gasteiger partial charge on any atom is -0.397 e. The lowest BCUT2D eigenvalue weighted by atomic mass is 10.1. The number of rotatable bonds is 5. The standard InChI is InChI=1S/C19H29NO2Si/c1-14-13-17-16(11-8-12-18(17)20(2)3)19(14)23(21-4,22-5)15-9-6-7-10-15/h8,11-13,15,19H,6-7,9-10H2,1-5H3. The van der Waals surface area contributed by atoms with Crippen LogP contribution in [-0.2, 0) is 8.85 Å². The summed E-state index contributed by atoms with van der Waals surface area (Å²) in [6, 6.07) is 6.64. The second-order valence-electron chi connectivity index (χ2n) is 7.11. The number of allylic oxidation sites excluding steroid dienone is 1. The van der Waals surface area contributed by atoms with Gasteiger partial charge in [0.2, 0.25) is 0 Å². The molecule has 0 radical (unpaired) electrons. The van der Waals surface area contributed by atoms with Gasteiger partial charge in [-0.2, -0.15) is 0 Å². The predicted octanol–water partition coefficient (Wildman–Crippen LogP) is 4.47. The van der Waals surface area contributed by atoms with Gasteiger partial charge in [-0.15, -0.1) is 0 Å². The Morgan fingerprint density at radius 2 is 1.74 bits per heavy atom. The summed E-state index contributed by atoms with van der Waals surface area (Å²) < 4.78 is 12.5. The molecule has 0 spiro atoms. The van der Waals surface area contributed by atoms with Crippen molar-refractivity contribution in [2.75, 3.05) is 33.2 Å². The summed E-state index contributed by atoms with van der Waals surface area (Å²) in [5, 5.41) is 0. The quantitative estimate of drug-likeness (QED) is 0.743. The molecule has 0 N–H and O–H groups in total. The SMILES string of the molecule is CO[Si](OC)(C1CCCC1)C1C(C)=Cc2c1cccc2N(C)C. The molecule has 3 rings (SSSR count). The molecule has 0 aliphatic heterocycles. The third kappa shape index (κ3) is 2.57. The van der Waals surface area contributed by atoms with Crippen LogP contribution in [0.25, 0.3) is 6.08 Å². The highest BCUT2D eigenvalue weighted by molar-refractivity contribution is 6.71. The topological polar surface area (TPSA) is 21.7 Å². The number of nitrogens with zero attached hydrogens (tertiary/aromatic N) is 1. The number of hydrogen-bond acceptors (Lipinski definition) is 3. The molecule has 1 unspecified atom stereocenters. The van der Waals surface area contributed by atoms with Crippen LogP contribution >= 0.6 is 0 Å². The van der Waals surface area contributed by atoms with Gasteiger partial charge in [-0.05, 0) is 31.4 Å². The van der Waals surface area contributed by atoms with Crippen molar-refractivity contribution in [1.82, 2.24) is 0 Å². The summed E-state index contributed by atoms with van der Waals surface area (Å²) in [5.41, 5.74) is 6.35. The van der Waals surface area contributed by atoms with Gasteiger partial charge in [0.1, 0.15) is 0 Å². The van der Waals surface area contributed by atoms with Crippen molar-refractivity contribution in [2.45, 2.75) is 43.7 Å². The van der Waals surface area contributed by atoms with Gasteiger partial charge >= 0.3 is 8.56 Å². The number of fused-ring (bicyclic) bond motifs is 1. The number of hydrogen-bond donors (Lipinski definition) is 0. The van der Waals surface area contributed by atoms with E-state index in [1.165, 1.54) is 48.1 Å². The number of benzene rings is 1. The maximum atomic E-state index is 6.24. The largest absolute Gasteiger partial charge is 0.397 e. The molecule has 1 aromatic carbocycles. The zero-order chi connectivity index (χ0) is 16.6. The Bertz CT molecular complexity index is 601. The Balaban J connectivity index is 2.10. The molecule has 0 saturated heterocycles. The van der Waals surface area contributed by atoms with E-state index >= 15 is 0 Å². The summed E-state index contributed by atoms with van der Waals surface area (Å²) in [4.78, 5) is 2.20. The molecule has 126 valence electrons. The van der Waals surface area contributed by atoms with Crippen LogP contribution in [-0.4, -0.2) is 36.9 Å². The molecule has 0 heterocycles. The van der Waals surface area contributed by atoms with Gasteiger partial charge in [-0.1, -0.05) is 36.6 Å². The molecular weight excluding hydrogens is 302 g/mol. The normalized spacial score (nSPS) is 21.4. The zero-order valence-corrected chi connectivity index (χ0v) is 16.1. The third-order valence-corrected chi connectivity index (χ3v) is 10.3. The minimum absolute atomic E-state index is 0.315. The van der Waals surface area contributed by atoms with Gasteiger partial charge in [-0.25, -0.2) is 0 Å². The fourth-order valence-corrected chi connectivity index (χ4v) is 9.07. The van der Waals surface area contributed by atoms with Crippen LogP contribution in [0.4, 0.5) is 5.69 Å². The first kappa shape index (κ1) is 16.7. The highest BCUT2D eigenvalue weighted by Gasteiger charge is 2.54. The molecule has 2 aliphatic rings. The highest BCUT2D eigenvalue weighted by Crippen LogP contribution is 2.52. The van der Waals surface area contributed by atoms with Crippen molar-refractivity contribution in [1.29, 1.82) is 0 Å². The maximum absolute atomic E-state index is 6.24. The lowest BCUT2D eigenvalue weighted by Gasteiger charge is -2.39. The van der Waals surface area contributed by atoms with Crippen LogP contribution in [0.3, 0.4) is 0 Å². The Hall–Kier alpha value is -1.10. The molecule has 3 nitrogen and oxygen atoms in total. The van der Waals surface area contributed by atoms with Crippen LogP contribution in [0.1, 0.15) is 49.3 Å². The zero-order valence-electron chi connectivity index (χ0n) is 15.1. The summed E-state index contributed by atoms with van der Waals surface area (Å²) in [5.74, 6) is 0. The fraction of sp³-hybridized carbons (Fsp3) is 0.579. The highest BCUT2D eigenvalue weighted by atomic mass is 28.4. The molecule has 1 atom stereocenters. The predicted molar refractivity (Wildman–Crippen MR) is 99.2 cm³/mol. The summed E-state index contributed by atoms with van der Waals surface area (Å²) in [6.07, 6.45) is 7.48. The van der Waals surface area contributed by atoms with Crippen molar-refractivity contribution in [3.8, 4) is 0 Å². The van der Waals surface area contributed by atoms with E-state index in [0.717, 1.165) is 0 Å². The van der Waals surface area contributed by atoms with Crippen LogP contribution in [0.15, 0.2) is 23.8 Å². The van der Waals surface area contributed by atoms with E-state index in [0.29, 0.717) is 11.1 Å². The van der Waals surface area contributed by atoms with E-state index in [1.54, 1.807) is 0 Å². The molecule has 1 saturated carbocycles. The molecule has 4 heteroatoms. The lowest BCUT2D eigenvalue weighted by Crippen LogP contribution is -2.50. The first-order valence-electron chi connectivity index (χ1n) is 8.64.